The number of halogens is 2. The number of aliphatic hydroxyl groups is 1. The molecule has 1 heterocycles. The second-order valence-electron chi connectivity index (χ2n) is 6.95. The first kappa shape index (κ1) is 20.7. The van der Waals surface area contributed by atoms with Crippen molar-refractivity contribution in [3.8, 4) is 0 Å². The van der Waals surface area contributed by atoms with Crippen LogP contribution in [0.15, 0.2) is 42.5 Å². The first-order valence-corrected chi connectivity index (χ1v) is 9.51. The fraction of sp³-hybridized carbons (Fsp3) is 0.333. The minimum absolute atomic E-state index is 0.0732. The van der Waals surface area contributed by atoms with Crippen molar-refractivity contribution in [1.29, 1.82) is 0 Å². The number of rotatable bonds is 5. The van der Waals surface area contributed by atoms with Gasteiger partial charge in [-0.25, -0.2) is 13.6 Å². The van der Waals surface area contributed by atoms with E-state index in [1.54, 1.807) is 29.2 Å². The summed E-state index contributed by atoms with van der Waals surface area (Å²) < 4.78 is 26.6. The number of hydrogen-bond donors (Lipinski definition) is 3. The molecule has 0 saturated carbocycles. The van der Waals surface area contributed by atoms with Crippen molar-refractivity contribution in [2.75, 3.05) is 25.0 Å². The Morgan fingerprint density at radius 2 is 1.83 bits per heavy atom. The summed E-state index contributed by atoms with van der Waals surface area (Å²) in [5, 5.41) is 15.0. The third-order valence-electron chi connectivity index (χ3n) is 4.79. The molecule has 2 aromatic rings. The zero-order chi connectivity index (χ0) is 20.8. The third kappa shape index (κ3) is 5.51. The fourth-order valence-corrected chi connectivity index (χ4v) is 3.26. The van der Waals surface area contributed by atoms with Gasteiger partial charge in [-0.1, -0.05) is 12.1 Å². The largest absolute Gasteiger partial charge is 0.386 e. The molecule has 154 valence electrons. The molecule has 3 N–H and O–H groups in total. The van der Waals surface area contributed by atoms with Crippen molar-refractivity contribution >= 4 is 17.6 Å². The van der Waals surface area contributed by atoms with Crippen LogP contribution in [0.3, 0.4) is 0 Å². The molecule has 1 saturated heterocycles. The number of benzene rings is 2. The zero-order valence-corrected chi connectivity index (χ0v) is 15.8. The summed E-state index contributed by atoms with van der Waals surface area (Å²) in [4.78, 5) is 26.5. The molecule has 0 aliphatic carbocycles. The third-order valence-corrected chi connectivity index (χ3v) is 4.79. The van der Waals surface area contributed by atoms with Crippen molar-refractivity contribution < 1.29 is 23.5 Å². The first-order chi connectivity index (χ1) is 13.9. The number of carbonyl (C=O) groups is 2. The van der Waals surface area contributed by atoms with Crippen LogP contribution in [0.1, 0.15) is 41.3 Å². The van der Waals surface area contributed by atoms with E-state index in [4.69, 9.17) is 0 Å². The highest BCUT2D eigenvalue weighted by Gasteiger charge is 2.19. The van der Waals surface area contributed by atoms with E-state index in [1.807, 2.05) is 0 Å². The number of anilines is 1. The topological polar surface area (TPSA) is 81.7 Å². The Bertz CT molecular complexity index is 885. The van der Waals surface area contributed by atoms with Crippen LogP contribution in [0.4, 0.5) is 19.3 Å². The number of nitrogens with zero attached hydrogens (tertiary/aromatic N) is 1. The maximum atomic E-state index is 13.7. The van der Waals surface area contributed by atoms with Gasteiger partial charge in [0.2, 0.25) is 0 Å². The first-order valence-electron chi connectivity index (χ1n) is 9.51. The molecule has 0 spiro atoms. The van der Waals surface area contributed by atoms with Crippen molar-refractivity contribution in [3.05, 3.63) is 65.2 Å². The van der Waals surface area contributed by atoms with Crippen LogP contribution in [-0.2, 0) is 0 Å². The van der Waals surface area contributed by atoms with Crippen LogP contribution < -0.4 is 10.6 Å². The van der Waals surface area contributed by atoms with Crippen LogP contribution in [0.5, 0.6) is 0 Å². The van der Waals surface area contributed by atoms with Crippen LogP contribution >= 0.6 is 0 Å². The van der Waals surface area contributed by atoms with Gasteiger partial charge < -0.3 is 20.6 Å². The van der Waals surface area contributed by atoms with Crippen LogP contribution in [0, 0.1) is 11.6 Å². The van der Waals surface area contributed by atoms with E-state index in [1.165, 1.54) is 0 Å². The molecule has 1 aliphatic rings. The smallest absolute Gasteiger partial charge is 0.319 e. The summed E-state index contributed by atoms with van der Waals surface area (Å²) in [6.45, 7) is 1.20. The molecule has 1 aliphatic heterocycles. The van der Waals surface area contributed by atoms with Crippen LogP contribution in [0.2, 0.25) is 0 Å². The lowest BCUT2D eigenvalue weighted by Crippen LogP contribution is -2.35. The minimum atomic E-state index is -1.33. The van der Waals surface area contributed by atoms with Gasteiger partial charge in [0.15, 0.2) is 0 Å². The molecule has 1 fully saturated rings. The van der Waals surface area contributed by atoms with Gasteiger partial charge in [-0.2, -0.15) is 0 Å². The molecule has 6 nitrogen and oxygen atoms in total. The second kappa shape index (κ2) is 9.47. The highest BCUT2D eigenvalue weighted by molar-refractivity contribution is 5.97. The van der Waals surface area contributed by atoms with Gasteiger partial charge in [-0.05, 0) is 43.5 Å². The maximum Gasteiger partial charge on any atom is 0.319 e. The molecule has 0 aromatic heterocycles. The molecular formula is C21H23F2N3O3. The SMILES string of the molecule is O=C(NCC(O)c1ccc(F)cc1F)Nc1cccc(C(=O)N2CCCCC2)c1. The second-order valence-corrected chi connectivity index (χ2v) is 6.95. The standard InChI is InChI=1S/C21H23F2N3O3/c22-15-7-8-17(18(23)12-15)19(27)13-24-21(29)25-16-6-4-5-14(11-16)20(28)26-9-2-1-3-10-26/h4-8,11-12,19,27H,1-3,9-10,13H2,(H2,24,25,29). The fourth-order valence-electron chi connectivity index (χ4n) is 3.26. The summed E-state index contributed by atoms with van der Waals surface area (Å²) in [6.07, 6.45) is 1.78. The summed E-state index contributed by atoms with van der Waals surface area (Å²) in [5.41, 5.74) is 0.798. The minimum Gasteiger partial charge on any atom is -0.386 e. The van der Waals surface area contributed by atoms with Gasteiger partial charge >= 0.3 is 6.03 Å². The summed E-state index contributed by atoms with van der Waals surface area (Å²) in [5.74, 6) is -1.71. The molecule has 29 heavy (non-hydrogen) atoms. The molecule has 2 aromatic carbocycles. The monoisotopic (exact) mass is 403 g/mol. The molecule has 8 heteroatoms. The maximum absolute atomic E-state index is 13.7. The molecule has 1 unspecified atom stereocenters. The Labute approximate surface area is 167 Å². The van der Waals surface area contributed by atoms with Crippen LogP contribution in [0.25, 0.3) is 0 Å². The number of nitrogens with one attached hydrogen (secondary N) is 2. The lowest BCUT2D eigenvalue weighted by molar-refractivity contribution is 0.0724. The lowest BCUT2D eigenvalue weighted by Gasteiger charge is -2.26. The van der Waals surface area contributed by atoms with E-state index in [0.717, 1.165) is 44.5 Å². The van der Waals surface area contributed by atoms with Gasteiger partial charge in [0.05, 0.1) is 6.10 Å². The van der Waals surface area contributed by atoms with Gasteiger partial charge in [-0.3, -0.25) is 4.79 Å². The molecule has 1 atom stereocenters. The van der Waals surface area contributed by atoms with E-state index in [0.29, 0.717) is 17.3 Å². The quantitative estimate of drug-likeness (QED) is 0.715. The molecule has 3 amide bonds. The average molecular weight is 403 g/mol. The Morgan fingerprint density at radius 1 is 1.07 bits per heavy atom. The average Bonchev–Trinajstić information content (AvgIpc) is 2.72. The number of aliphatic hydroxyl groups excluding tert-OH is 1. The van der Waals surface area contributed by atoms with Crippen molar-refractivity contribution in [2.24, 2.45) is 0 Å². The molecule has 3 rings (SSSR count). The summed E-state index contributed by atoms with van der Waals surface area (Å²) in [7, 11) is 0. The van der Waals surface area contributed by atoms with E-state index in [-0.39, 0.29) is 18.0 Å². The van der Waals surface area contributed by atoms with Gasteiger partial charge in [0.1, 0.15) is 11.6 Å². The van der Waals surface area contributed by atoms with Crippen molar-refractivity contribution in [2.45, 2.75) is 25.4 Å². The van der Waals surface area contributed by atoms with Gasteiger partial charge in [0.25, 0.3) is 5.91 Å². The number of likely N-dealkylation sites (tertiary alicyclic amines) is 1. The van der Waals surface area contributed by atoms with E-state index in [9.17, 15) is 23.5 Å². The van der Waals surface area contributed by atoms with Crippen molar-refractivity contribution in [3.63, 3.8) is 0 Å². The van der Waals surface area contributed by atoms with E-state index in [2.05, 4.69) is 10.6 Å². The van der Waals surface area contributed by atoms with Gasteiger partial charge in [-0.15, -0.1) is 0 Å². The Kier molecular flexibility index (Phi) is 6.77. The number of amides is 3. The normalized spacial score (nSPS) is 14.9. The zero-order valence-electron chi connectivity index (χ0n) is 15.8. The number of urea groups is 1. The van der Waals surface area contributed by atoms with Crippen LogP contribution in [-0.4, -0.2) is 41.6 Å². The van der Waals surface area contributed by atoms with E-state index >= 15 is 0 Å². The number of hydrogen-bond acceptors (Lipinski definition) is 3. The Morgan fingerprint density at radius 3 is 2.55 bits per heavy atom. The molecular weight excluding hydrogens is 380 g/mol. The van der Waals surface area contributed by atoms with Crippen molar-refractivity contribution in [1.82, 2.24) is 10.2 Å². The highest BCUT2D eigenvalue weighted by atomic mass is 19.1. The van der Waals surface area contributed by atoms with E-state index < -0.39 is 23.8 Å². The lowest BCUT2D eigenvalue weighted by atomic mass is 10.1. The summed E-state index contributed by atoms with van der Waals surface area (Å²) in [6, 6.07) is 8.82. The summed E-state index contributed by atoms with van der Waals surface area (Å²) >= 11 is 0. The molecule has 0 bridgehead atoms. The predicted molar refractivity (Wildman–Crippen MR) is 105 cm³/mol. The predicted octanol–water partition coefficient (Wildman–Crippen LogP) is 3.45. The Balaban J connectivity index is 1.55. The van der Waals surface area contributed by atoms with Gasteiger partial charge in [0, 0.05) is 42.5 Å². The number of piperidine rings is 1. The molecule has 0 radical (unpaired) electrons. The number of carbonyl (C=O) groups excluding carboxylic acids is 2. The Hall–Kier alpha value is -3.00. The highest BCUT2D eigenvalue weighted by Crippen LogP contribution is 2.18.